The second kappa shape index (κ2) is 3.02. The van der Waals surface area contributed by atoms with E-state index in [1.165, 1.54) is 5.56 Å². The van der Waals surface area contributed by atoms with Crippen LogP contribution in [0.25, 0.3) is 0 Å². The van der Waals surface area contributed by atoms with Crippen LogP contribution in [0.1, 0.15) is 15.9 Å². The zero-order chi connectivity index (χ0) is 8.55. The largest absolute Gasteiger partial charge is 0.294 e. The monoisotopic (exact) mass is 224 g/mol. The van der Waals surface area contributed by atoms with Gasteiger partial charge < -0.3 is 0 Å². The molecule has 0 heterocycles. The summed E-state index contributed by atoms with van der Waals surface area (Å²) in [6.45, 7) is 0. The summed E-state index contributed by atoms with van der Waals surface area (Å²) in [6, 6.07) is 7.87. The van der Waals surface area contributed by atoms with Gasteiger partial charge >= 0.3 is 0 Å². The summed E-state index contributed by atoms with van der Waals surface area (Å²) in [4.78, 5) is 11.6. The van der Waals surface area contributed by atoms with Gasteiger partial charge in [-0.1, -0.05) is 40.2 Å². The number of carbonyl (C=O) groups excluding carboxylic acids is 1. The Morgan fingerprint density at radius 3 is 2.83 bits per heavy atom. The van der Waals surface area contributed by atoms with Crippen molar-refractivity contribution in [3.8, 4) is 0 Å². The van der Waals surface area contributed by atoms with Crippen LogP contribution < -0.4 is 0 Å². The van der Waals surface area contributed by atoms with Gasteiger partial charge in [0.1, 0.15) is 0 Å². The first-order valence-corrected chi connectivity index (χ1v) is 5.13. The average molecular weight is 225 g/mol. The van der Waals surface area contributed by atoms with E-state index in [9.17, 15) is 4.79 Å². The van der Waals surface area contributed by atoms with Gasteiger partial charge in [0, 0.05) is 16.8 Å². The highest BCUT2D eigenvalue weighted by Crippen LogP contribution is 2.27. The van der Waals surface area contributed by atoms with Crippen molar-refractivity contribution in [2.24, 2.45) is 5.92 Å². The first-order chi connectivity index (χ1) is 5.83. The third-order valence-electron chi connectivity index (χ3n) is 2.31. The molecule has 0 saturated heterocycles. The van der Waals surface area contributed by atoms with E-state index in [0.717, 1.165) is 17.3 Å². The molecule has 0 fully saturated rings. The Morgan fingerprint density at radius 2 is 2.17 bits per heavy atom. The van der Waals surface area contributed by atoms with Gasteiger partial charge in [-0.3, -0.25) is 4.79 Å². The van der Waals surface area contributed by atoms with Gasteiger partial charge in [0.05, 0.1) is 0 Å². The van der Waals surface area contributed by atoms with Crippen LogP contribution in [0.5, 0.6) is 0 Å². The number of alkyl halides is 1. The van der Waals surface area contributed by atoms with Crippen molar-refractivity contribution < 1.29 is 4.79 Å². The molecular formula is C10H9BrO. The normalized spacial score (nSPS) is 21.1. The fourth-order valence-electron chi connectivity index (χ4n) is 1.64. The molecule has 0 amide bonds. The lowest BCUT2D eigenvalue weighted by molar-refractivity contribution is 0.0949. The van der Waals surface area contributed by atoms with Crippen molar-refractivity contribution in [2.45, 2.75) is 6.42 Å². The molecule has 1 atom stereocenters. The van der Waals surface area contributed by atoms with Crippen molar-refractivity contribution in [1.82, 2.24) is 0 Å². The molecule has 1 aromatic rings. The molecule has 1 aliphatic carbocycles. The fraction of sp³-hybridized carbons (Fsp3) is 0.300. The Bertz CT molecular complexity index is 319. The maximum Gasteiger partial charge on any atom is 0.167 e. The SMILES string of the molecule is O=C1c2ccccc2CC1CBr. The Hall–Kier alpha value is -0.630. The number of halogens is 1. The van der Waals surface area contributed by atoms with Gasteiger partial charge in [0.25, 0.3) is 0 Å². The summed E-state index contributed by atoms with van der Waals surface area (Å²) in [5.74, 6) is 0.463. The molecule has 1 unspecified atom stereocenters. The number of carbonyl (C=O) groups is 1. The average Bonchev–Trinajstić information content (AvgIpc) is 2.44. The summed E-state index contributed by atoms with van der Waals surface area (Å²) in [6.07, 6.45) is 0.903. The molecule has 0 radical (unpaired) electrons. The standard InChI is InChI=1S/C10H9BrO/c11-6-8-5-7-3-1-2-4-9(7)10(8)12/h1-4,8H,5-6H2. The molecule has 0 aromatic heterocycles. The van der Waals surface area contributed by atoms with E-state index in [1.54, 1.807) is 0 Å². The Kier molecular flexibility index (Phi) is 2.01. The second-order valence-corrected chi connectivity index (χ2v) is 3.72. The van der Waals surface area contributed by atoms with E-state index >= 15 is 0 Å². The van der Waals surface area contributed by atoms with Gasteiger partial charge in [0.15, 0.2) is 5.78 Å². The highest BCUT2D eigenvalue weighted by molar-refractivity contribution is 9.09. The maximum atomic E-state index is 11.6. The summed E-state index contributed by atoms with van der Waals surface area (Å²) in [7, 11) is 0. The third kappa shape index (κ3) is 1.11. The highest BCUT2D eigenvalue weighted by atomic mass is 79.9. The maximum absolute atomic E-state index is 11.6. The van der Waals surface area contributed by atoms with Crippen molar-refractivity contribution in [2.75, 3.05) is 5.33 Å². The molecule has 2 heteroatoms. The minimum Gasteiger partial charge on any atom is -0.294 e. The van der Waals surface area contributed by atoms with Crippen LogP contribution in [0.15, 0.2) is 24.3 Å². The lowest BCUT2D eigenvalue weighted by Crippen LogP contribution is -2.09. The zero-order valence-corrected chi connectivity index (χ0v) is 8.17. The minimum atomic E-state index is 0.169. The van der Waals surface area contributed by atoms with Gasteiger partial charge in [-0.25, -0.2) is 0 Å². The molecule has 0 saturated carbocycles. The minimum absolute atomic E-state index is 0.169. The molecule has 62 valence electrons. The number of fused-ring (bicyclic) bond motifs is 1. The van der Waals surface area contributed by atoms with E-state index in [0.29, 0.717) is 5.78 Å². The number of hydrogen-bond donors (Lipinski definition) is 0. The number of hydrogen-bond acceptors (Lipinski definition) is 1. The molecule has 0 spiro atoms. The Morgan fingerprint density at radius 1 is 1.42 bits per heavy atom. The zero-order valence-electron chi connectivity index (χ0n) is 6.59. The number of ketones is 1. The summed E-state index contributed by atoms with van der Waals surface area (Å²) >= 11 is 3.35. The third-order valence-corrected chi connectivity index (χ3v) is 3.09. The van der Waals surface area contributed by atoms with Gasteiger partial charge in [-0.05, 0) is 12.0 Å². The van der Waals surface area contributed by atoms with E-state index in [1.807, 2.05) is 24.3 Å². The topological polar surface area (TPSA) is 17.1 Å². The quantitative estimate of drug-likeness (QED) is 0.671. The van der Waals surface area contributed by atoms with E-state index in [-0.39, 0.29) is 5.92 Å². The van der Waals surface area contributed by atoms with Gasteiger partial charge in [0.2, 0.25) is 0 Å². The fourth-order valence-corrected chi connectivity index (χ4v) is 2.16. The lowest BCUT2D eigenvalue weighted by Gasteiger charge is -1.98. The van der Waals surface area contributed by atoms with Gasteiger partial charge in [-0.2, -0.15) is 0 Å². The number of rotatable bonds is 1. The lowest BCUT2D eigenvalue weighted by atomic mass is 10.1. The van der Waals surface area contributed by atoms with Crippen molar-refractivity contribution in [1.29, 1.82) is 0 Å². The van der Waals surface area contributed by atoms with E-state index in [2.05, 4.69) is 15.9 Å². The Balaban J connectivity index is 2.42. The smallest absolute Gasteiger partial charge is 0.167 e. The molecule has 1 aliphatic rings. The first-order valence-electron chi connectivity index (χ1n) is 4.01. The predicted molar refractivity (Wildman–Crippen MR) is 51.8 cm³/mol. The van der Waals surface area contributed by atoms with Crippen LogP contribution in [0.3, 0.4) is 0 Å². The molecule has 12 heavy (non-hydrogen) atoms. The molecule has 0 aliphatic heterocycles. The molecule has 1 nitrogen and oxygen atoms in total. The van der Waals surface area contributed by atoms with Crippen molar-refractivity contribution in [3.05, 3.63) is 35.4 Å². The predicted octanol–water partition coefficient (Wildman–Crippen LogP) is 2.44. The number of Topliss-reactive ketones (excluding diaryl/α,β-unsaturated/α-hetero) is 1. The van der Waals surface area contributed by atoms with Crippen LogP contribution in [0.2, 0.25) is 0 Å². The van der Waals surface area contributed by atoms with E-state index < -0.39 is 0 Å². The second-order valence-electron chi connectivity index (χ2n) is 3.08. The summed E-state index contributed by atoms with van der Waals surface area (Å²) < 4.78 is 0. The van der Waals surface area contributed by atoms with Crippen molar-refractivity contribution in [3.63, 3.8) is 0 Å². The molecule has 0 N–H and O–H groups in total. The molecule has 1 aromatic carbocycles. The Labute approximate surface area is 79.9 Å². The van der Waals surface area contributed by atoms with Crippen LogP contribution in [0.4, 0.5) is 0 Å². The molecular weight excluding hydrogens is 216 g/mol. The molecule has 2 rings (SSSR count). The highest BCUT2D eigenvalue weighted by Gasteiger charge is 2.28. The molecule has 0 bridgehead atoms. The van der Waals surface area contributed by atoms with Crippen LogP contribution in [-0.2, 0) is 6.42 Å². The van der Waals surface area contributed by atoms with Crippen molar-refractivity contribution >= 4 is 21.7 Å². The first kappa shape index (κ1) is 7.99. The van der Waals surface area contributed by atoms with Crippen LogP contribution in [-0.4, -0.2) is 11.1 Å². The van der Waals surface area contributed by atoms with Gasteiger partial charge in [-0.15, -0.1) is 0 Å². The van der Waals surface area contributed by atoms with E-state index in [4.69, 9.17) is 0 Å². The number of benzene rings is 1. The van der Waals surface area contributed by atoms with Crippen LogP contribution in [0, 0.1) is 5.92 Å². The summed E-state index contributed by atoms with van der Waals surface area (Å²) in [5, 5.41) is 0.778. The van der Waals surface area contributed by atoms with Crippen LogP contribution >= 0.6 is 15.9 Å². The summed E-state index contributed by atoms with van der Waals surface area (Å²) in [5.41, 5.74) is 2.12.